The largest absolute Gasteiger partial charge is 0.465 e. The summed E-state index contributed by atoms with van der Waals surface area (Å²) in [4.78, 5) is 18.0. The summed E-state index contributed by atoms with van der Waals surface area (Å²) in [6, 6.07) is 4.99. The van der Waals surface area contributed by atoms with E-state index in [9.17, 15) is 18.0 Å². The number of alkyl halides is 3. The summed E-state index contributed by atoms with van der Waals surface area (Å²) in [5.74, 6) is -0.584. The quantitative estimate of drug-likeness (QED) is 0.681. The Morgan fingerprint density at radius 1 is 1.44 bits per heavy atom. The van der Waals surface area contributed by atoms with Crippen LogP contribution < -0.4 is 4.90 Å². The van der Waals surface area contributed by atoms with Gasteiger partial charge in [0.2, 0.25) is 0 Å². The van der Waals surface area contributed by atoms with Crippen LogP contribution in [0.1, 0.15) is 33.8 Å². The van der Waals surface area contributed by atoms with Gasteiger partial charge in [-0.15, -0.1) is 0 Å². The van der Waals surface area contributed by atoms with E-state index >= 15 is 0 Å². The van der Waals surface area contributed by atoms with E-state index in [0.717, 1.165) is 23.5 Å². The molecule has 0 N–H and O–H groups in total. The van der Waals surface area contributed by atoms with Gasteiger partial charge in [0.25, 0.3) is 0 Å². The van der Waals surface area contributed by atoms with Crippen molar-refractivity contribution in [2.24, 2.45) is 0 Å². The standard InChI is InChI=1S/C17H16ClF3N2O3S/c1-9-8-26-12(10-4-3-5-11(6-10)17(19,20)21)7-23(9)16-22-14(18)13(27-16)15(24)25-2/h3-6,9,12H,7-8H2,1-2H3/t9-,12+/m1/s1. The van der Waals surface area contributed by atoms with Gasteiger partial charge in [-0.25, -0.2) is 9.78 Å². The number of methoxy groups -OCH3 is 1. The molecular formula is C17H16ClF3N2O3S. The summed E-state index contributed by atoms with van der Waals surface area (Å²) in [6.07, 6.45) is -4.98. The van der Waals surface area contributed by atoms with Gasteiger partial charge < -0.3 is 14.4 Å². The molecule has 1 aromatic heterocycles. The second-order valence-corrected chi connectivity index (χ2v) is 7.39. The average Bonchev–Trinajstić information content (AvgIpc) is 3.02. The van der Waals surface area contributed by atoms with Crippen molar-refractivity contribution in [3.63, 3.8) is 0 Å². The Bertz CT molecular complexity index is 843. The van der Waals surface area contributed by atoms with E-state index in [1.54, 1.807) is 6.07 Å². The topological polar surface area (TPSA) is 51.7 Å². The lowest BCUT2D eigenvalue weighted by atomic mass is 10.0. The summed E-state index contributed by atoms with van der Waals surface area (Å²) in [6.45, 7) is 2.48. The number of hydrogen-bond donors (Lipinski definition) is 0. The number of thiazole rings is 1. The number of esters is 1. The van der Waals surface area contributed by atoms with Gasteiger partial charge in [-0.05, 0) is 24.6 Å². The Hall–Kier alpha value is -1.84. The molecule has 5 nitrogen and oxygen atoms in total. The lowest BCUT2D eigenvalue weighted by Gasteiger charge is -2.38. The molecule has 2 atom stereocenters. The van der Waals surface area contributed by atoms with Crippen molar-refractivity contribution in [2.75, 3.05) is 25.2 Å². The maximum absolute atomic E-state index is 13.0. The van der Waals surface area contributed by atoms with Crippen LogP contribution in [0.2, 0.25) is 5.15 Å². The third-order valence-corrected chi connectivity index (χ3v) is 5.67. The first-order chi connectivity index (χ1) is 12.7. The minimum atomic E-state index is -4.42. The molecule has 1 aromatic carbocycles. The Kier molecular flexibility index (Phi) is 5.64. The molecule has 0 bridgehead atoms. The first-order valence-corrected chi connectivity index (χ1v) is 9.20. The molecule has 10 heteroatoms. The van der Waals surface area contributed by atoms with Crippen LogP contribution in [-0.2, 0) is 15.7 Å². The van der Waals surface area contributed by atoms with Crippen LogP contribution in [0.4, 0.5) is 18.3 Å². The Morgan fingerprint density at radius 3 is 2.85 bits per heavy atom. The molecule has 0 aliphatic carbocycles. The molecule has 2 heterocycles. The van der Waals surface area contributed by atoms with E-state index < -0.39 is 23.8 Å². The molecule has 0 spiro atoms. The van der Waals surface area contributed by atoms with E-state index in [1.807, 2.05) is 11.8 Å². The maximum atomic E-state index is 13.0. The third kappa shape index (κ3) is 4.20. The van der Waals surface area contributed by atoms with Crippen molar-refractivity contribution >= 4 is 34.0 Å². The van der Waals surface area contributed by atoms with Gasteiger partial charge >= 0.3 is 12.1 Å². The minimum absolute atomic E-state index is 0.0381. The van der Waals surface area contributed by atoms with E-state index in [2.05, 4.69) is 9.72 Å². The number of nitrogens with zero attached hydrogens (tertiary/aromatic N) is 2. The molecular weight excluding hydrogens is 405 g/mol. The average molecular weight is 421 g/mol. The Labute approximate surface area is 162 Å². The lowest BCUT2D eigenvalue weighted by molar-refractivity contribution is -0.137. The predicted octanol–water partition coefficient (Wildman–Crippen LogP) is 4.57. The molecule has 27 heavy (non-hydrogen) atoms. The SMILES string of the molecule is COC(=O)c1sc(N2C[C@@H](c3cccc(C(F)(F)F)c3)OC[C@H]2C)nc1Cl. The highest BCUT2D eigenvalue weighted by Gasteiger charge is 2.34. The van der Waals surface area contributed by atoms with E-state index in [1.165, 1.54) is 13.2 Å². The molecule has 2 aromatic rings. The fraction of sp³-hybridized carbons (Fsp3) is 0.412. The summed E-state index contributed by atoms with van der Waals surface area (Å²) >= 11 is 7.11. The van der Waals surface area contributed by atoms with Gasteiger partial charge in [0.05, 0.1) is 31.9 Å². The monoisotopic (exact) mass is 420 g/mol. The van der Waals surface area contributed by atoms with E-state index in [-0.39, 0.29) is 22.6 Å². The lowest BCUT2D eigenvalue weighted by Crippen LogP contribution is -2.45. The maximum Gasteiger partial charge on any atom is 0.416 e. The highest BCUT2D eigenvalue weighted by atomic mass is 35.5. The number of carbonyl (C=O) groups is 1. The summed E-state index contributed by atoms with van der Waals surface area (Å²) in [5, 5.41) is 0.532. The zero-order valence-corrected chi connectivity index (χ0v) is 16.0. The molecule has 1 saturated heterocycles. The number of anilines is 1. The summed E-state index contributed by atoms with van der Waals surface area (Å²) in [5.41, 5.74) is -0.295. The van der Waals surface area contributed by atoms with Crippen LogP contribution >= 0.6 is 22.9 Å². The predicted molar refractivity (Wildman–Crippen MR) is 95.4 cm³/mol. The Morgan fingerprint density at radius 2 is 2.19 bits per heavy atom. The number of benzene rings is 1. The molecule has 146 valence electrons. The smallest absolute Gasteiger partial charge is 0.416 e. The molecule has 0 radical (unpaired) electrons. The highest BCUT2D eigenvalue weighted by molar-refractivity contribution is 7.18. The zero-order chi connectivity index (χ0) is 19.8. The fourth-order valence-electron chi connectivity index (χ4n) is 2.77. The Balaban J connectivity index is 1.86. The normalized spacial score (nSPS) is 20.6. The number of rotatable bonds is 3. The first-order valence-electron chi connectivity index (χ1n) is 8.00. The van der Waals surface area contributed by atoms with Gasteiger partial charge in [0.15, 0.2) is 15.2 Å². The molecule has 3 rings (SSSR count). The summed E-state index contributed by atoms with van der Waals surface area (Å²) in [7, 11) is 1.25. The first kappa shape index (κ1) is 19.9. The third-order valence-electron chi connectivity index (χ3n) is 4.21. The second-order valence-electron chi connectivity index (χ2n) is 6.05. The highest BCUT2D eigenvalue weighted by Crippen LogP contribution is 2.36. The fourth-order valence-corrected chi connectivity index (χ4v) is 4.08. The number of halogens is 4. The molecule has 0 unspecified atom stereocenters. The number of hydrogen-bond acceptors (Lipinski definition) is 6. The van der Waals surface area contributed by atoms with Crippen LogP contribution in [0, 0.1) is 0 Å². The van der Waals surface area contributed by atoms with Crippen LogP contribution in [-0.4, -0.2) is 37.3 Å². The van der Waals surface area contributed by atoms with Crippen molar-refractivity contribution in [2.45, 2.75) is 25.2 Å². The van der Waals surface area contributed by atoms with Gasteiger partial charge in [0.1, 0.15) is 6.10 Å². The van der Waals surface area contributed by atoms with Crippen molar-refractivity contribution in [3.8, 4) is 0 Å². The van der Waals surface area contributed by atoms with Crippen molar-refractivity contribution in [1.29, 1.82) is 0 Å². The van der Waals surface area contributed by atoms with Gasteiger partial charge in [0, 0.05) is 0 Å². The van der Waals surface area contributed by atoms with E-state index in [4.69, 9.17) is 16.3 Å². The number of aromatic nitrogens is 1. The molecule has 1 fully saturated rings. The van der Waals surface area contributed by atoms with E-state index in [0.29, 0.717) is 17.3 Å². The van der Waals surface area contributed by atoms with Gasteiger partial charge in [-0.3, -0.25) is 0 Å². The van der Waals surface area contributed by atoms with Crippen LogP contribution in [0.5, 0.6) is 0 Å². The molecule has 1 aliphatic rings. The van der Waals surface area contributed by atoms with Crippen molar-refractivity contribution in [3.05, 3.63) is 45.4 Å². The zero-order valence-electron chi connectivity index (χ0n) is 14.4. The van der Waals surface area contributed by atoms with Gasteiger partial charge in [-0.1, -0.05) is 35.1 Å². The molecule has 1 aliphatic heterocycles. The second kappa shape index (κ2) is 7.65. The molecule has 0 amide bonds. The number of ether oxygens (including phenoxy) is 2. The van der Waals surface area contributed by atoms with Gasteiger partial charge in [-0.2, -0.15) is 13.2 Å². The van der Waals surface area contributed by atoms with Crippen LogP contribution in [0.25, 0.3) is 0 Å². The van der Waals surface area contributed by atoms with Crippen molar-refractivity contribution in [1.82, 2.24) is 4.98 Å². The van der Waals surface area contributed by atoms with Crippen LogP contribution in [0.15, 0.2) is 24.3 Å². The summed E-state index contributed by atoms with van der Waals surface area (Å²) < 4.78 is 49.4. The number of carbonyl (C=O) groups excluding carboxylic acids is 1. The molecule has 0 saturated carbocycles. The van der Waals surface area contributed by atoms with Crippen LogP contribution in [0.3, 0.4) is 0 Å². The number of morpholine rings is 1. The van der Waals surface area contributed by atoms with Crippen molar-refractivity contribution < 1.29 is 27.4 Å². The minimum Gasteiger partial charge on any atom is -0.465 e.